The van der Waals surface area contributed by atoms with Gasteiger partial charge in [-0.2, -0.15) is 0 Å². The van der Waals surface area contributed by atoms with Crippen molar-refractivity contribution in [2.24, 2.45) is 0 Å². The SMILES string of the molecule is CCOCCNC(C)(C)CCBr. The summed E-state index contributed by atoms with van der Waals surface area (Å²) < 4.78 is 5.23. The van der Waals surface area contributed by atoms with E-state index in [-0.39, 0.29) is 5.54 Å². The minimum atomic E-state index is 0.223. The minimum absolute atomic E-state index is 0.223. The zero-order valence-corrected chi connectivity index (χ0v) is 9.91. The Morgan fingerprint density at radius 1 is 1.42 bits per heavy atom. The van der Waals surface area contributed by atoms with Gasteiger partial charge in [0.2, 0.25) is 0 Å². The molecule has 0 aliphatic rings. The van der Waals surface area contributed by atoms with Crippen molar-refractivity contribution in [3.63, 3.8) is 0 Å². The molecule has 0 aliphatic carbocycles. The molecule has 0 aliphatic heterocycles. The normalized spacial score (nSPS) is 12.0. The summed E-state index contributed by atoms with van der Waals surface area (Å²) in [6.45, 7) is 8.99. The molecule has 0 bridgehead atoms. The first-order chi connectivity index (χ1) is 5.62. The van der Waals surface area contributed by atoms with Crippen LogP contribution in [0.2, 0.25) is 0 Å². The van der Waals surface area contributed by atoms with E-state index < -0.39 is 0 Å². The first-order valence-corrected chi connectivity index (χ1v) is 5.63. The lowest BCUT2D eigenvalue weighted by atomic mass is 10.0. The average Bonchev–Trinajstić information content (AvgIpc) is 1.98. The van der Waals surface area contributed by atoms with Crippen molar-refractivity contribution >= 4 is 15.9 Å². The van der Waals surface area contributed by atoms with E-state index in [4.69, 9.17) is 4.74 Å². The van der Waals surface area contributed by atoms with Crippen LogP contribution >= 0.6 is 15.9 Å². The van der Waals surface area contributed by atoms with Gasteiger partial charge in [0, 0.05) is 24.0 Å². The molecule has 0 fully saturated rings. The van der Waals surface area contributed by atoms with Crippen molar-refractivity contribution in [2.75, 3.05) is 25.1 Å². The van der Waals surface area contributed by atoms with E-state index in [9.17, 15) is 0 Å². The van der Waals surface area contributed by atoms with E-state index in [2.05, 4.69) is 35.1 Å². The Labute approximate surface area is 84.2 Å². The summed E-state index contributed by atoms with van der Waals surface area (Å²) in [5, 5.41) is 4.48. The van der Waals surface area contributed by atoms with E-state index in [0.717, 1.165) is 31.5 Å². The highest BCUT2D eigenvalue weighted by molar-refractivity contribution is 9.09. The van der Waals surface area contributed by atoms with Gasteiger partial charge in [0.25, 0.3) is 0 Å². The fourth-order valence-electron chi connectivity index (χ4n) is 0.931. The number of ether oxygens (including phenoxy) is 1. The molecule has 0 saturated carbocycles. The highest BCUT2D eigenvalue weighted by atomic mass is 79.9. The van der Waals surface area contributed by atoms with E-state index in [1.54, 1.807) is 0 Å². The zero-order chi connectivity index (χ0) is 9.45. The third-order valence-electron chi connectivity index (χ3n) is 1.77. The third-order valence-corrected chi connectivity index (χ3v) is 2.17. The molecule has 0 spiro atoms. The zero-order valence-electron chi connectivity index (χ0n) is 8.32. The summed E-state index contributed by atoms with van der Waals surface area (Å²) in [4.78, 5) is 0. The molecule has 0 radical (unpaired) electrons. The monoisotopic (exact) mass is 237 g/mol. The van der Waals surface area contributed by atoms with Crippen LogP contribution < -0.4 is 5.32 Å². The lowest BCUT2D eigenvalue weighted by Gasteiger charge is -2.25. The predicted octanol–water partition coefficient (Wildman–Crippen LogP) is 2.18. The summed E-state index contributed by atoms with van der Waals surface area (Å²) in [5.41, 5.74) is 0.223. The van der Waals surface area contributed by atoms with Crippen LogP contribution in [0.1, 0.15) is 27.2 Å². The summed E-state index contributed by atoms with van der Waals surface area (Å²) in [7, 11) is 0. The maximum absolute atomic E-state index is 5.23. The molecule has 3 heteroatoms. The number of halogens is 1. The molecule has 0 amide bonds. The van der Waals surface area contributed by atoms with Gasteiger partial charge in [0.15, 0.2) is 0 Å². The molecular formula is C9H20BrNO. The number of nitrogens with one attached hydrogen (secondary N) is 1. The molecule has 0 unspecified atom stereocenters. The van der Waals surface area contributed by atoms with Crippen LogP contribution in [0, 0.1) is 0 Å². The lowest BCUT2D eigenvalue weighted by Crippen LogP contribution is -2.41. The van der Waals surface area contributed by atoms with Gasteiger partial charge in [0.05, 0.1) is 6.61 Å². The maximum atomic E-state index is 5.23. The Kier molecular flexibility index (Phi) is 7.10. The van der Waals surface area contributed by atoms with Crippen molar-refractivity contribution in [1.82, 2.24) is 5.32 Å². The van der Waals surface area contributed by atoms with Gasteiger partial charge >= 0.3 is 0 Å². The van der Waals surface area contributed by atoms with Crippen molar-refractivity contribution in [2.45, 2.75) is 32.7 Å². The average molecular weight is 238 g/mol. The van der Waals surface area contributed by atoms with Crippen LogP contribution in [0.4, 0.5) is 0 Å². The maximum Gasteiger partial charge on any atom is 0.0590 e. The van der Waals surface area contributed by atoms with Crippen LogP contribution in [-0.2, 0) is 4.74 Å². The van der Waals surface area contributed by atoms with E-state index in [1.165, 1.54) is 0 Å². The van der Waals surface area contributed by atoms with Crippen LogP contribution in [0.15, 0.2) is 0 Å². The minimum Gasteiger partial charge on any atom is -0.380 e. The van der Waals surface area contributed by atoms with Gasteiger partial charge in [-0.3, -0.25) is 0 Å². The van der Waals surface area contributed by atoms with Crippen molar-refractivity contribution in [1.29, 1.82) is 0 Å². The third kappa shape index (κ3) is 7.07. The molecule has 0 saturated heterocycles. The summed E-state index contributed by atoms with van der Waals surface area (Å²) >= 11 is 3.44. The van der Waals surface area contributed by atoms with Gasteiger partial charge in [-0.25, -0.2) is 0 Å². The molecule has 0 heterocycles. The number of alkyl halides is 1. The van der Waals surface area contributed by atoms with Crippen molar-refractivity contribution < 1.29 is 4.74 Å². The largest absolute Gasteiger partial charge is 0.380 e. The molecule has 0 rings (SSSR count). The highest BCUT2D eigenvalue weighted by Gasteiger charge is 2.14. The van der Waals surface area contributed by atoms with Gasteiger partial charge in [-0.1, -0.05) is 15.9 Å². The van der Waals surface area contributed by atoms with Gasteiger partial charge in [-0.15, -0.1) is 0 Å². The fourth-order valence-corrected chi connectivity index (χ4v) is 1.92. The summed E-state index contributed by atoms with van der Waals surface area (Å²) in [6, 6.07) is 0. The number of rotatable bonds is 7. The molecule has 1 N–H and O–H groups in total. The standard InChI is InChI=1S/C9H20BrNO/c1-4-12-8-7-11-9(2,3)5-6-10/h11H,4-8H2,1-3H3. The van der Waals surface area contributed by atoms with Gasteiger partial charge < -0.3 is 10.1 Å². The molecule has 0 aromatic heterocycles. The van der Waals surface area contributed by atoms with E-state index >= 15 is 0 Å². The second-order valence-electron chi connectivity index (χ2n) is 3.45. The van der Waals surface area contributed by atoms with Crippen LogP contribution in [0.3, 0.4) is 0 Å². The molecular weight excluding hydrogens is 218 g/mol. The van der Waals surface area contributed by atoms with E-state index in [0.29, 0.717) is 0 Å². The van der Waals surface area contributed by atoms with Crippen LogP contribution in [-0.4, -0.2) is 30.6 Å². The summed E-state index contributed by atoms with van der Waals surface area (Å²) in [6.07, 6.45) is 1.14. The quantitative estimate of drug-likeness (QED) is 0.542. The molecule has 0 aromatic carbocycles. The second-order valence-corrected chi connectivity index (χ2v) is 4.24. The Bertz CT molecular complexity index is 107. The van der Waals surface area contributed by atoms with Crippen LogP contribution in [0.5, 0.6) is 0 Å². The van der Waals surface area contributed by atoms with Crippen LogP contribution in [0.25, 0.3) is 0 Å². The second kappa shape index (κ2) is 6.87. The van der Waals surface area contributed by atoms with Crippen molar-refractivity contribution in [3.8, 4) is 0 Å². The first-order valence-electron chi connectivity index (χ1n) is 4.51. The Morgan fingerprint density at radius 2 is 2.08 bits per heavy atom. The van der Waals surface area contributed by atoms with Gasteiger partial charge in [-0.05, 0) is 27.2 Å². The number of hydrogen-bond acceptors (Lipinski definition) is 2. The fraction of sp³-hybridized carbons (Fsp3) is 1.00. The topological polar surface area (TPSA) is 21.3 Å². The molecule has 0 aromatic rings. The Hall–Kier alpha value is 0.400. The molecule has 12 heavy (non-hydrogen) atoms. The predicted molar refractivity (Wildman–Crippen MR) is 57.0 cm³/mol. The molecule has 0 atom stereocenters. The first kappa shape index (κ1) is 12.4. The lowest BCUT2D eigenvalue weighted by molar-refractivity contribution is 0.142. The summed E-state index contributed by atoms with van der Waals surface area (Å²) in [5.74, 6) is 0. The highest BCUT2D eigenvalue weighted by Crippen LogP contribution is 2.08. The van der Waals surface area contributed by atoms with E-state index in [1.807, 2.05) is 6.92 Å². The Morgan fingerprint density at radius 3 is 2.58 bits per heavy atom. The molecule has 74 valence electrons. The smallest absolute Gasteiger partial charge is 0.0590 e. The number of hydrogen-bond donors (Lipinski definition) is 1. The van der Waals surface area contributed by atoms with Gasteiger partial charge in [0.1, 0.15) is 0 Å². The Balaban J connectivity index is 3.33. The molecule has 2 nitrogen and oxygen atoms in total. The van der Waals surface area contributed by atoms with Crippen molar-refractivity contribution in [3.05, 3.63) is 0 Å².